The van der Waals surface area contributed by atoms with Crippen molar-refractivity contribution in [2.45, 2.75) is 19.8 Å². The molecule has 0 aliphatic carbocycles. The van der Waals surface area contributed by atoms with Crippen molar-refractivity contribution in [3.63, 3.8) is 0 Å². The summed E-state index contributed by atoms with van der Waals surface area (Å²) in [5.41, 5.74) is 3.37. The highest BCUT2D eigenvalue weighted by Crippen LogP contribution is 2.32. The Morgan fingerprint density at radius 1 is 1.19 bits per heavy atom. The normalized spacial score (nSPS) is 14.9. The second-order valence-electron chi connectivity index (χ2n) is 7.34. The molecular formula is C24H21N3O2S3. The average Bonchev–Trinajstić information content (AvgIpc) is 3.31. The predicted octanol–water partition coefficient (Wildman–Crippen LogP) is 5.27. The number of hydrogen-bond acceptors (Lipinski definition) is 6. The van der Waals surface area contributed by atoms with Crippen molar-refractivity contribution in [3.8, 4) is 0 Å². The SMILES string of the molecule is Cc1cccc(Cc2cnc(NC(=O)CCN3C(=O)/C(=C\c4ccccc4)SC3=S)s2)c1. The first-order valence-electron chi connectivity index (χ1n) is 10.1. The number of nitrogens with one attached hydrogen (secondary N) is 1. The summed E-state index contributed by atoms with van der Waals surface area (Å²) in [4.78, 5) is 32.6. The zero-order valence-corrected chi connectivity index (χ0v) is 19.9. The molecule has 1 aliphatic rings. The van der Waals surface area contributed by atoms with Crippen molar-refractivity contribution in [1.82, 2.24) is 9.88 Å². The van der Waals surface area contributed by atoms with E-state index in [1.54, 1.807) is 6.20 Å². The van der Waals surface area contributed by atoms with E-state index < -0.39 is 0 Å². The fourth-order valence-electron chi connectivity index (χ4n) is 3.26. The van der Waals surface area contributed by atoms with E-state index in [4.69, 9.17) is 12.2 Å². The highest BCUT2D eigenvalue weighted by atomic mass is 32.2. The highest BCUT2D eigenvalue weighted by molar-refractivity contribution is 8.26. The highest BCUT2D eigenvalue weighted by Gasteiger charge is 2.32. The molecule has 0 spiro atoms. The van der Waals surface area contributed by atoms with Gasteiger partial charge in [-0.3, -0.25) is 14.5 Å². The number of thiocarbonyl (C=S) groups is 1. The van der Waals surface area contributed by atoms with Gasteiger partial charge in [-0.1, -0.05) is 84.1 Å². The number of anilines is 1. The molecule has 1 aromatic heterocycles. The van der Waals surface area contributed by atoms with Crippen LogP contribution in [0.15, 0.2) is 65.7 Å². The van der Waals surface area contributed by atoms with Crippen molar-refractivity contribution in [2.75, 3.05) is 11.9 Å². The molecule has 0 radical (unpaired) electrons. The standard InChI is InChI=1S/C24H21N3O2S3/c1-16-6-5-9-18(12-16)13-19-15-25-23(31-19)26-21(28)10-11-27-22(29)20(32-24(27)30)14-17-7-3-2-4-8-17/h2-9,12,14-15H,10-11,13H2,1H3,(H,25,26,28)/b20-14+. The van der Waals surface area contributed by atoms with E-state index in [0.29, 0.717) is 14.4 Å². The monoisotopic (exact) mass is 479 g/mol. The molecule has 32 heavy (non-hydrogen) atoms. The molecule has 0 saturated carbocycles. The minimum Gasteiger partial charge on any atom is -0.302 e. The Labute approximate surface area is 200 Å². The van der Waals surface area contributed by atoms with E-state index in [0.717, 1.165) is 16.9 Å². The van der Waals surface area contributed by atoms with Gasteiger partial charge in [-0.2, -0.15) is 0 Å². The van der Waals surface area contributed by atoms with Gasteiger partial charge in [0.05, 0.1) is 4.91 Å². The molecule has 2 aromatic carbocycles. The molecule has 0 unspecified atom stereocenters. The lowest BCUT2D eigenvalue weighted by atomic mass is 10.1. The Kier molecular flexibility index (Phi) is 7.14. The van der Waals surface area contributed by atoms with E-state index in [1.165, 1.54) is 39.1 Å². The molecule has 5 nitrogen and oxygen atoms in total. The Morgan fingerprint density at radius 2 is 2.00 bits per heavy atom. The first-order chi connectivity index (χ1) is 15.5. The summed E-state index contributed by atoms with van der Waals surface area (Å²) < 4.78 is 0.472. The molecular weight excluding hydrogens is 458 g/mol. The van der Waals surface area contributed by atoms with Crippen LogP contribution < -0.4 is 5.32 Å². The van der Waals surface area contributed by atoms with Crippen molar-refractivity contribution in [3.05, 3.63) is 87.3 Å². The number of carbonyl (C=O) groups excluding carboxylic acids is 2. The largest absolute Gasteiger partial charge is 0.302 e. The molecule has 4 rings (SSSR count). The molecule has 1 fully saturated rings. The summed E-state index contributed by atoms with van der Waals surface area (Å²) in [5.74, 6) is -0.353. The van der Waals surface area contributed by atoms with Crippen LogP contribution in [0.2, 0.25) is 0 Å². The lowest BCUT2D eigenvalue weighted by Crippen LogP contribution is -2.31. The fourth-order valence-corrected chi connectivity index (χ4v) is 5.43. The number of amides is 2. The second kappa shape index (κ2) is 10.2. The summed E-state index contributed by atoms with van der Waals surface area (Å²) in [6, 6.07) is 18.0. The molecule has 1 N–H and O–H groups in total. The fraction of sp³-hybridized carbons (Fsp3) is 0.167. The van der Waals surface area contributed by atoms with Crippen LogP contribution in [0.4, 0.5) is 5.13 Å². The third-order valence-corrected chi connectivity index (χ3v) is 7.08. The van der Waals surface area contributed by atoms with Crippen molar-refractivity contribution in [1.29, 1.82) is 0 Å². The zero-order valence-electron chi connectivity index (χ0n) is 17.4. The molecule has 8 heteroatoms. The van der Waals surface area contributed by atoms with Crippen LogP contribution in [0.1, 0.15) is 28.0 Å². The van der Waals surface area contributed by atoms with Gasteiger partial charge >= 0.3 is 0 Å². The molecule has 1 saturated heterocycles. The lowest BCUT2D eigenvalue weighted by molar-refractivity contribution is -0.122. The quantitative estimate of drug-likeness (QED) is 0.369. The molecule has 0 atom stereocenters. The van der Waals surface area contributed by atoms with Crippen LogP contribution in [-0.4, -0.2) is 32.6 Å². The minimum atomic E-state index is -0.192. The zero-order chi connectivity index (χ0) is 22.5. The van der Waals surface area contributed by atoms with Crippen molar-refractivity contribution < 1.29 is 9.59 Å². The van der Waals surface area contributed by atoms with E-state index in [2.05, 4.69) is 35.4 Å². The number of aryl methyl sites for hydroxylation is 1. The third-order valence-electron chi connectivity index (χ3n) is 4.79. The second-order valence-corrected chi connectivity index (χ2v) is 10.1. The molecule has 2 heterocycles. The van der Waals surface area contributed by atoms with E-state index in [1.807, 2.05) is 42.5 Å². The number of nitrogens with zero attached hydrogens (tertiary/aromatic N) is 2. The molecule has 1 aliphatic heterocycles. The number of aromatic nitrogens is 1. The van der Waals surface area contributed by atoms with Crippen molar-refractivity contribution in [2.24, 2.45) is 0 Å². The number of hydrogen-bond donors (Lipinski definition) is 1. The number of benzene rings is 2. The van der Waals surface area contributed by atoms with Crippen LogP contribution in [0.3, 0.4) is 0 Å². The van der Waals surface area contributed by atoms with E-state index in [-0.39, 0.29) is 24.8 Å². The first-order valence-corrected chi connectivity index (χ1v) is 12.1. The van der Waals surface area contributed by atoms with Crippen LogP contribution in [0, 0.1) is 6.92 Å². The van der Waals surface area contributed by atoms with Gasteiger partial charge in [-0.15, -0.1) is 11.3 Å². The lowest BCUT2D eigenvalue weighted by Gasteiger charge is -2.13. The number of rotatable bonds is 7. The van der Waals surface area contributed by atoms with Crippen LogP contribution in [-0.2, 0) is 16.0 Å². The number of carbonyl (C=O) groups is 2. The molecule has 3 aromatic rings. The van der Waals surface area contributed by atoms with Gasteiger partial charge in [-0.25, -0.2) is 4.98 Å². The summed E-state index contributed by atoms with van der Waals surface area (Å²) in [6.07, 6.45) is 4.54. The first kappa shape index (κ1) is 22.4. The van der Waals surface area contributed by atoms with Gasteiger partial charge < -0.3 is 5.32 Å². The van der Waals surface area contributed by atoms with Crippen LogP contribution in [0.25, 0.3) is 6.08 Å². The van der Waals surface area contributed by atoms with Gasteiger partial charge in [0.25, 0.3) is 5.91 Å². The Bertz CT molecular complexity index is 1190. The van der Waals surface area contributed by atoms with Gasteiger partial charge in [-0.05, 0) is 24.1 Å². The van der Waals surface area contributed by atoms with Crippen molar-refractivity contribution >= 4 is 62.7 Å². The number of thiazole rings is 1. The maximum atomic E-state index is 12.7. The molecule has 0 bridgehead atoms. The van der Waals surface area contributed by atoms with E-state index >= 15 is 0 Å². The Balaban J connectivity index is 1.30. The van der Waals surface area contributed by atoms with Gasteiger partial charge in [0.2, 0.25) is 5.91 Å². The summed E-state index contributed by atoms with van der Waals surface area (Å²) in [7, 11) is 0. The number of thioether (sulfide) groups is 1. The summed E-state index contributed by atoms with van der Waals surface area (Å²) in [5, 5.41) is 3.39. The van der Waals surface area contributed by atoms with Gasteiger partial charge in [0, 0.05) is 30.5 Å². The molecule has 162 valence electrons. The van der Waals surface area contributed by atoms with Crippen LogP contribution >= 0.6 is 35.3 Å². The maximum Gasteiger partial charge on any atom is 0.266 e. The topological polar surface area (TPSA) is 62.3 Å². The summed E-state index contributed by atoms with van der Waals surface area (Å²) >= 11 is 8.08. The minimum absolute atomic E-state index is 0.151. The molecule has 2 amide bonds. The third kappa shape index (κ3) is 5.70. The van der Waals surface area contributed by atoms with Gasteiger partial charge in [0.15, 0.2) is 5.13 Å². The summed E-state index contributed by atoms with van der Waals surface area (Å²) in [6.45, 7) is 2.31. The maximum absolute atomic E-state index is 12.7. The van der Waals surface area contributed by atoms with Gasteiger partial charge in [0.1, 0.15) is 4.32 Å². The smallest absolute Gasteiger partial charge is 0.266 e. The Morgan fingerprint density at radius 3 is 2.78 bits per heavy atom. The Hall–Kier alpha value is -2.81. The van der Waals surface area contributed by atoms with Crippen LogP contribution in [0.5, 0.6) is 0 Å². The predicted molar refractivity (Wildman–Crippen MR) is 136 cm³/mol. The van der Waals surface area contributed by atoms with E-state index in [9.17, 15) is 9.59 Å². The average molecular weight is 480 g/mol.